The third kappa shape index (κ3) is 5.73. The number of rotatable bonds is 5. The van der Waals surface area contributed by atoms with Crippen LogP contribution in [0.1, 0.15) is 33.1 Å². The van der Waals surface area contributed by atoms with Gasteiger partial charge >= 0.3 is 6.03 Å². The average molecular weight is 420 g/mol. The van der Waals surface area contributed by atoms with Crippen molar-refractivity contribution in [2.24, 2.45) is 0 Å². The van der Waals surface area contributed by atoms with Gasteiger partial charge in [-0.1, -0.05) is 11.8 Å². The fraction of sp³-hybridized carbons (Fsp3) is 0.818. The SMILES string of the molecule is CC(C)N1CCN(CC#CCOC2CCN(C3CC(=O)N(C)C(=O)N3C)CC2)CC1. The van der Waals surface area contributed by atoms with E-state index in [4.69, 9.17) is 4.74 Å². The Kier molecular flexibility index (Phi) is 8.12. The van der Waals surface area contributed by atoms with E-state index in [1.54, 1.807) is 19.0 Å². The Hall–Kier alpha value is -1.66. The first-order valence-electron chi connectivity index (χ1n) is 11.2. The van der Waals surface area contributed by atoms with Crippen LogP contribution in [0.5, 0.6) is 0 Å². The fourth-order valence-corrected chi connectivity index (χ4v) is 4.43. The standard InChI is InChI=1S/C22H37N5O3/c1-18(2)26-14-12-25(13-15-26)9-5-6-16-30-19-7-10-27(11-8-19)20-17-21(28)24(4)22(29)23(20)3/h18-20H,7-17H2,1-4H3. The largest absolute Gasteiger partial charge is 0.365 e. The number of piperazine rings is 1. The van der Waals surface area contributed by atoms with Crippen molar-refractivity contribution in [2.45, 2.75) is 51.4 Å². The van der Waals surface area contributed by atoms with Crippen LogP contribution in [0.4, 0.5) is 4.79 Å². The monoisotopic (exact) mass is 419 g/mol. The molecule has 0 N–H and O–H groups in total. The Morgan fingerprint density at radius 1 is 1.00 bits per heavy atom. The fourth-order valence-electron chi connectivity index (χ4n) is 4.43. The molecule has 0 aromatic rings. The minimum atomic E-state index is -0.226. The summed E-state index contributed by atoms with van der Waals surface area (Å²) >= 11 is 0. The Morgan fingerprint density at radius 2 is 1.67 bits per heavy atom. The molecule has 1 atom stereocenters. The van der Waals surface area contributed by atoms with Crippen molar-refractivity contribution in [3.05, 3.63) is 0 Å². The number of urea groups is 1. The van der Waals surface area contributed by atoms with E-state index in [0.717, 1.165) is 58.7 Å². The molecule has 3 saturated heterocycles. The van der Waals surface area contributed by atoms with E-state index in [0.29, 0.717) is 19.1 Å². The molecule has 0 saturated carbocycles. The van der Waals surface area contributed by atoms with Gasteiger partial charge in [0, 0.05) is 59.4 Å². The minimum Gasteiger partial charge on any atom is -0.365 e. The van der Waals surface area contributed by atoms with Crippen molar-refractivity contribution in [1.82, 2.24) is 24.5 Å². The van der Waals surface area contributed by atoms with Gasteiger partial charge < -0.3 is 9.64 Å². The average Bonchev–Trinajstić information content (AvgIpc) is 2.75. The predicted octanol–water partition coefficient (Wildman–Crippen LogP) is 0.737. The van der Waals surface area contributed by atoms with Crippen LogP contribution in [-0.2, 0) is 9.53 Å². The van der Waals surface area contributed by atoms with Crippen molar-refractivity contribution in [3.63, 3.8) is 0 Å². The lowest BCUT2D eigenvalue weighted by molar-refractivity contribution is -0.134. The Bertz CT molecular complexity index is 657. The zero-order chi connectivity index (χ0) is 21.7. The molecule has 30 heavy (non-hydrogen) atoms. The molecule has 0 bridgehead atoms. The number of ether oxygens (including phenoxy) is 1. The summed E-state index contributed by atoms with van der Waals surface area (Å²) in [5.74, 6) is 6.31. The molecule has 0 aromatic heterocycles. The molecule has 8 heteroatoms. The molecule has 0 radical (unpaired) electrons. The highest BCUT2D eigenvalue weighted by molar-refractivity contribution is 5.96. The number of hydrogen-bond acceptors (Lipinski definition) is 6. The summed E-state index contributed by atoms with van der Waals surface area (Å²) in [7, 11) is 3.32. The van der Waals surface area contributed by atoms with Gasteiger partial charge in [-0.2, -0.15) is 0 Å². The second-order valence-corrected chi connectivity index (χ2v) is 8.84. The molecule has 0 spiro atoms. The lowest BCUT2D eigenvalue weighted by Gasteiger charge is -2.44. The Morgan fingerprint density at radius 3 is 2.30 bits per heavy atom. The molecule has 3 aliphatic heterocycles. The van der Waals surface area contributed by atoms with E-state index in [2.05, 4.69) is 40.4 Å². The van der Waals surface area contributed by atoms with E-state index in [1.165, 1.54) is 4.90 Å². The van der Waals surface area contributed by atoms with Crippen LogP contribution in [-0.4, -0.2) is 121 Å². The summed E-state index contributed by atoms with van der Waals surface area (Å²) < 4.78 is 5.96. The van der Waals surface area contributed by atoms with E-state index >= 15 is 0 Å². The van der Waals surface area contributed by atoms with Crippen LogP contribution >= 0.6 is 0 Å². The zero-order valence-corrected chi connectivity index (χ0v) is 19.0. The van der Waals surface area contributed by atoms with Crippen molar-refractivity contribution < 1.29 is 14.3 Å². The maximum Gasteiger partial charge on any atom is 0.327 e. The number of likely N-dealkylation sites (tertiary alicyclic amines) is 1. The number of nitrogens with zero attached hydrogens (tertiary/aromatic N) is 5. The molecule has 8 nitrogen and oxygen atoms in total. The lowest BCUT2D eigenvalue weighted by atomic mass is 10.1. The van der Waals surface area contributed by atoms with E-state index < -0.39 is 0 Å². The van der Waals surface area contributed by atoms with Crippen LogP contribution in [0.2, 0.25) is 0 Å². The smallest absolute Gasteiger partial charge is 0.327 e. The van der Waals surface area contributed by atoms with Crippen LogP contribution in [0.15, 0.2) is 0 Å². The summed E-state index contributed by atoms with van der Waals surface area (Å²) in [6.45, 7) is 11.9. The summed E-state index contributed by atoms with van der Waals surface area (Å²) in [4.78, 5) is 34.2. The Labute approximate surface area is 181 Å². The molecule has 0 aromatic carbocycles. The molecular formula is C22H37N5O3. The number of amides is 3. The van der Waals surface area contributed by atoms with Gasteiger partial charge in [0.25, 0.3) is 0 Å². The van der Waals surface area contributed by atoms with Gasteiger partial charge in [-0.05, 0) is 26.7 Å². The molecule has 0 aliphatic carbocycles. The first-order chi connectivity index (χ1) is 14.4. The van der Waals surface area contributed by atoms with Gasteiger partial charge in [0.2, 0.25) is 5.91 Å². The third-order valence-electron chi connectivity index (χ3n) is 6.62. The topological polar surface area (TPSA) is 59.6 Å². The molecule has 168 valence electrons. The molecular weight excluding hydrogens is 382 g/mol. The second kappa shape index (κ2) is 10.6. The molecule has 3 amide bonds. The minimum absolute atomic E-state index is 0.109. The number of carbonyl (C=O) groups excluding carboxylic acids is 2. The highest BCUT2D eigenvalue weighted by atomic mass is 16.5. The molecule has 1 unspecified atom stereocenters. The van der Waals surface area contributed by atoms with Gasteiger partial charge in [0.15, 0.2) is 0 Å². The van der Waals surface area contributed by atoms with Gasteiger partial charge in [-0.25, -0.2) is 4.79 Å². The van der Waals surface area contributed by atoms with Crippen LogP contribution < -0.4 is 0 Å². The maximum absolute atomic E-state index is 12.2. The quantitative estimate of drug-likeness (QED) is 0.613. The molecule has 3 rings (SSSR count). The summed E-state index contributed by atoms with van der Waals surface area (Å²) in [6, 6.07) is 0.398. The number of hydrogen-bond donors (Lipinski definition) is 0. The predicted molar refractivity (Wildman–Crippen MR) is 116 cm³/mol. The summed E-state index contributed by atoms with van der Waals surface area (Å²) in [5, 5.41) is 0. The summed E-state index contributed by atoms with van der Waals surface area (Å²) in [6.07, 6.45) is 2.23. The van der Waals surface area contributed by atoms with Crippen molar-refractivity contribution in [3.8, 4) is 11.8 Å². The Balaban J connectivity index is 1.33. The zero-order valence-electron chi connectivity index (χ0n) is 19.0. The van der Waals surface area contributed by atoms with E-state index in [-0.39, 0.29) is 24.2 Å². The summed E-state index contributed by atoms with van der Waals surface area (Å²) in [5.41, 5.74) is 0. The highest BCUT2D eigenvalue weighted by Gasteiger charge is 2.38. The van der Waals surface area contributed by atoms with Crippen molar-refractivity contribution in [1.29, 1.82) is 0 Å². The van der Waals surface area contributed by atoms with Gasteiger partial charge in [0.05, 0.1) is 25.2 Å². The number of imide groups is 1. The first kappa shape index (κ1) is 23.0. The van der Waals surface area contributed by atoms with E-state index in [9.17, 15) is 9.59 Å². The van der Waals surface area contributed by atoms with Crippen molar-refractivity contribution >= 4 is 11.9 Å². The van der Waals surface area contributed by atoms with Gasteiger partial charge in [-0.3, -0.25) is 24.4 Å². The van der Waals surface area contributed by atoms with Crippen molar-refractivity contribution in [2.75, 3.05) is 66.5 Å². The normalized spacial score (nSPS) is 25.7. The van der Waals surface area contributed by atoms with Crippen LogP contribution in [0, 0.1) is 11.8 Å². The van der Waals surface area contributed by atoms with E-state index in [1.807, 2.05) is 0 Å². The van der Waals surface area contributed by atoms with Crippen LogP contribution in [0.25, 0.3) is 0 Å². The second-order valence-electron chi connectivity index (χ2n) is 8.84. The third-order valence-corrected chi connectivity index (χ3v) is 6.62. The maximum atomic E-state index is 12.2. The lowest BCUT2D eigenvalue weighted by Crippen LogP contribution is -2.61. The van der Waals surface area contributed by atoms with Crippen LogP contribution in [0.3, 0.4) is 0 Å². The van der Waals surface area contributed by atoms with Gasteiger partial charge in [-0.15, -0.1) is 0 Å². The number of piperidine rings is 1. The van der Waals surface area contributed by atoms with Gasteiger partial charge in [0.1, 0.15) is 6.61 Å². The number of carbonyl (C=O) groups is 2. The highest BCUT2D eigenvalue weighted by Crippen LogP contribution is 2.23. The molecule has 3 heterocycles. The molecule has 3 fully saturated rings. The first-order valence-corrected chi connectivity index (χ1v) is 11.2. The molecule has 3 aliphatic rings.